The monoisotopic (exact) mass is 347 g/mol. The maximum absolute atomic E-state index is 5.52. The van der Waals surface area contributed by atoms with E-state index in [-0.39, 0.29) is 5.41 Å². The Morgan fingerprint density at radius 3 is 2.50 bits per heavy atom. The lowest BCUT2D eigenvalue weighted by Crippen LogP contribution is -2.33. The van der Waals surface area contributed by atoms with E-state index in [1.165, 1.54) is 16.7 Å². The fourth-order valence-corrected chi connectivity index (χ4v) is 3.59. The van der Waals surface area contributed by atoms with Gasteiger partial charge in [-0.05, 0) is 16.7 Å². The van der Waals surface area contributed by atoms with Crippen LogP contribution in [0.25, 0.3) is 0 Å². The van der Waals surface area contributed by atoms with E-state index in [9.17, 15) is 0 Å². The van der Waals surface area contributed by atoms with Gasteiger partial charge in [0.15, 0.2) is 5.82 Å². The van der Waals surface area contributed by atoms with Crippen molar-refractivity contribution in [3.63, 3.8) is 0 Å². The van der Waals surface area contributed by atoms with Crippen molar-refractivity contribution in [2.24, 2.45) is 0 Å². The molecule has 0 N–H and O–H groups in total. The maximum atomic E-state index is 5.52. The van der Waals surface area contributed by atoms with Gasteiger partial charge >= 0.3 is 0 Å². The number of rotatable bonds is 3. The van der Waals surface area contributed by atoms with Gasteiger partial charge in [-0.3, -0.25) is 4.90 Å². The number of fused-ring (bicyclic) bond motifs is 1. The summed E-state index contributed by atoms with van der Waals surface area (Å²) < 4.78 is 5.52. The molecule has 4 nitrogen and oxygen atoms in total. The zero-order valence-corrected chi connectivity index (χ0v) is 15.6. The quantitative estimate of drug-likeness (QED) is 0.699. The van der Waals surface area contributed by atoms with Crippen LogP contribution in [0.4, 0.5) is 0 Å². The fourth-order valence-electron chi connectivity index (χ4n) is 3.59. The zero-order valence-electron chi connectivity index (χ0n) is 15.6. The molecule has 0 saturated heterocycles. The highest BCUT2D eigenvalue weighted by atomic mass is 16.5. The summed E-state index contributed by atoms with van der Waals surface area (Å²) >= 11 is 0. The van der Waals surface area contributed by atoms with Crippen LogP contribution in [0.3, 0.4) is 0 Å². The largest absolute Gasteiger partial charge is 0.338 e. The molecule has 0 amide bonds. The SMILES string of the molecule is CC(C)(C)c1noc(CN2Cc3ccccc3C(c3ccccc3)C2)n1. The summed E-state index contributed by atoms with van der Waals surface area (Å²) in [5.41, 5.74) is 4.06. The minimum absolute atomic E-state index is 0.0944. The highest BCUT2D eigenvalue weighted by Gasteiger charge is 2.28. The normalized spacial score (nSPS) is 17.9. The van der Waals surface area contributed by atoms with Crippen molar-refractivity contribution in [3.8, 4) is 0 Å². The Kier molecular flexibility index (Phi) is 4.37. The third-order valence-electron chi connectivity index (χ3n) is 4.96. The van der Waals surface area contributed by atoms with Gasteiger partial charge in [0.25, 0.3) is 0 Å². The topological polar surface area (TPSA) is 42.2 Å². The van der Waals surface area contributed by atoms with Crippen molar-refractivity contribution < 1.29 is 4.52 Å². The maximum Gasteiger partial charge on any atom is 0.240 e. The van der Waals surface area contributed by atoms with Crippen LogP contribution in [0.5, 0.6) is 0 Å². The molecule has 1 aliphatic heterocycles. The minimum atomic E-state index is -0.0944. The van der Waals surface area contributed by atoms with Gasteiger partial charge in [0.05, 0.1) is 6.54 Å². The van der Waals surface area contributed by atoms with Gasteiger partial charge < -0.3 is 4.52 Å². The van der Waals surface area contributed by atoms with E-state index in [1.807, 2.05) is 0 Å². The number of hydrogen-bond donors (Lipinski definition) is 0. The average molecular weight is 347 g/mol. The lowest BCUT2D eigenvalue weighted by atomic mass is 9.85. The molecule has 4 rings (SSSR count). The minimum Gasteiger partial charge on any atom is -0.338 e. The van der Waals surface area contributed by atoms with E-state index in [0.717, 1.165) is 18.9 Å². The average Bonchev–Trinajstić information content (AvgIpc) is 3.11. The summed E-state index contributed by atoms with van der Waals surface area (Å²) in [5, 5.41) is 4.16. The van der Waals surface area contributed by atoms with Crippen LogP contribution in [-0.2, 0) is 18.5 Å². The molecule has 26 heavy (non-hydrogen) atoms. The van der Waals surface area contributed by atoms with E-state index >= 15 is 0 Å². The molecule has 134 valence electrons. The van der Waals surface area contributed by atoms with Crippen molar-refractivity contribution in [1.82, 2.24) is 15.0 Å². The van der Waals surface area contributed by atoms with E-state index in [1.54, 1.807) is 0 Å². The molecule has 0 fully saturated rings. The number of hydrogen-bond acceptors (Lipinski definition) is 4. The summed E-state index contributed by atoms with van der Waals surface area (Å²) in [6, 6.07) is 19.5. The molecule has 0 bridgehead atoms. The summed E-state index contributed by atoms with van der Waals surface area (Å²) in [5.74, 6) is 1.83. The highest BCUT2D eigenvalue weighted by Crippen LogP contribution is 2.34. The van der Waals surface area contributed by atoms with Crippen molar-refractivity contribution in [2.45, 2.75) is 45.2 Å². The van der Waals surface area contributed by atoms with Crippen LogP contribution in [0, 0.1) is 0 Å². The van der Waals surface area contributed by atoms with Gasteiger partial charge in [-0.2, -0.15) is 4.98 Å². The number of nitrogens with zero attached hydrogens (tertiary/aromatic N) is 3. The standard InChI is InChI=1S/C22H25N3O/c1-22(2,3)21-23-20(26-24-21)15-25-13-17-11-7-8-12-18(17)19(14-25)16-9-5-4-6-10-16/h4-12,19H,13-15H2,1-3H3. The zero-order chi connectivity index (χ0) is 18.1. The Morgan fingerprint density at radius 1 is 1.04 bits per heavy atom. The van der Waals surface area contributed by atoms with Crippen LogP contribution in [0.15, 0.2) is 59.1 Å². The van der Waals surface area contributed by atoms with E-state index in [0.29, 0.717) is 18.4 Å². The molecule has 3 aromatic rings. The molecule has 0 radical (unpaired) electrons. The van der Waals surface area contributed by atoms with Crippen molar-refractivity contribution in [2.75, 3.05) is 6.54 Å². The first-order chi connectivity index (χ1) is 12.5. The van der Waals surface area contributed by atoms with Gasteiger partial charge in [-0.25, -0.2) is 0 Å². The first-order valence-electron chi connectivity index (χ1n) is 9.19. The second-order valence-corrected chi connectivity index (χ2v) is 8.09. The summed E-state index contributed by atoms with van der Waals surface area (Å²) in [7, 11) is 0. The van der Waals surface area contributed by atoms with E-state index in [4.69, 9.17) is 4.52 Å². The molecule has 1 aromatic heterocycles. The Morgan fingerprint density at radius 2 is 1.77 bits per heavy atom. The molecule has 1 unspecified atom stereocenters. The molecule has 4 heteroatoms. The third kappa shape index (κ3) is 3.42. The molecular weight excluding hydrogens is 322 g/mol. The number of benzene rings is 2. The van der Waals surface area contributed by atoms with Crippen molar-refractivity contribution in [3.05, 3.63) is 83.0 Å². The predicted octanol–water partition coefficient (Wildman–Crippen LogP) is 4.51. The first kappa shape index (κ1) is 17.0. The van der Waals surface area contributed by atoms with Crippen LogP contribution in [-0.4, -0.2) is 21.6 Å². The van der Waals surface area contributed by atoms with E-state index in [2.05, 4.69) is 90.4 Å². The van der Waals surface area contributed by atoms with Crippen LogP contribution < -0.4 is 0 Å². The Bertz CT molecular complexity index is 880. The van der Waals surface area contributed by atoms with Crippen LogP contribution in [0.1, 0.15) is 55.1 Å². The summed E-state index contributed by atoms with van der Waals surface area (Å²) in [4.78, 5) is 7.01. The molecule has 2 heterocycles. The predicted molar refractivity (Wildman–Crippen MR) is 102 cm³/mol. The van der Waals surface area contributed by atoms with E-state index < -0.39 is 0 Å². The highest BCUT2D eigenvalue weighted by molar-refractivity contribution is 5.40. The summed E-state index contributed by atoms with van der Waals surface area (Å²) in [6.45, 7) is 8.85. The molecule has 1 aliphatic rings. The molecular formula is C22H25N3O. The molecule has 0 aliphatic carbocycles. The number of aromatic nitrogens is 2. The Labute approximate surface area is 154 Å². The van der Waals surface area contributed by atoms with Gasteiger partial charge in [0, 0.05) is 24.4 Å². The second-order valence-electron chi connectivity index (χ2n) is 8.09. The molecule has 0 spiro atoms. The first-order valence-corrected chi connectivity index (χ1v) is 9.19. The lowest BCUT2D eigenvalue weighted by Gasteiger charge is -2.34. The Balaban J connectivity index is 1.60. The van der Waals surface area contributed by atoms with Crippen molar-refractivity contribution in [1.29, 1.82) is 0 Å². The molecule has 2 aromatic carbocycles. The third-order valence-corrected chi connectivity index (χ3v) is 4.96. The molecule has 0 saturated carbocycles. The van der Waals surface area contributed by atoms with Gasteiger partial charge in [0.2, 0.25) is 5.89 Å². The van der Waals surface area contributed by atoms with Crippen molar-refractivity contribution >= 4 is 0 Å². The molecule has 1 atom stereocenters. The summed E-state index contributed by atoms with van der Waals surface area (Å²) in [6.07, 6.45) is 0. The fraction of sp³-hybridized carbons (Fsp3) is 0.364. The Hall–Kier alpha value is -2.46. The van der Waals surface area contributed by atoms with Gasteiger partial charge in [-0.1, -0.05) is 80.5 Å². The lowest BCUT2D eigenvalue weighted by molar-refractivity contribution is 0.200. The van der Waals surface area contributed by atoms with Gasteiger partial charge in [-0.15, -0.1) is 0 Å². The van der Waals surface area contributed by atoms with Crippen LogP contribution >= 0.6 is 0 Å². The van der Waals surface area contributed by atoms with Crippen LogP contribution in [0.2, 0.25) is 0 Å². The second kappa shape index (κ2) is 6.69. The van der Waals surface area contributed by atoms with Gasteiger partial charge in [0.1, 0.15) is 0 Å². The smallest absolute Gasteiger partial charge is 0.240 e.